The lowest BCUT2D eigenvalue weighted by atomic mass is 10.1. The van der Waals surface area contributed by atoms with E-state index in [-0.39, 0.29) is 32.6 Å². The van der Waals surface area contributed by atoms with Crippen LogP contribution >= 0.6 is 23.2 Å². The molecule has 34 heavy (non-hydrogen) atoms. The third-order valence-corrected chi connectivity index (χ3v) is 5.91. The number of halogens is 3. The average molecular weight is 503 g/mol. The number of rotatable bonds is 6. The number of aromatic nitrogens is 5. The van der Waals surface area contributed by atoms with Crippen LogP contribution in [0.3, 0.4) is 0 Å². The Hall–Kier alpha value is -3.50. The van der Waals surface area contributed by atoms with Crippen LogP contribution in [0.4, 0.5) is 21.8 Å². The molecule has 0 unspecified atom stereocenters. The predicted molar refractivity (Wildman–Crippen MR) is 132 cm³/mol. The van der Waals surface area contributed by atoms with E-state index >= 15 is 0 Å². The van der Waals surface area contributed by atoms with Crippen molar-refractivity contribution in [1.29, 1.82) is 0 Å². The summed E-state index contributed by atoms with van der Waals surface area (Å²) in [5.41, 5.74) is 11.7. The summed E-state index contributed by atoms with van der Waals surface area (Å²) in [7, 11) is 0. The molecule has 1 aromatic carbocycles. The molecule has 0 saturated carbocycles. The van der Waals surface area contributed by atoms with Crippen molar-refractivity contribution in [2.24, 2.45) is 0 Å². The second-order valence-corrected chi connectivity index (χ2v) is 8.37. The first-order chi connectivity index (χ1) is 16.2. The van der Waals surface area contributed by atoms with E-state index in [2.05, 4.69) is 20.3 Å². The lowest BCUT2D eigenvalue weighted by Gasteiger charge is -2.23. The van der Waals surface area contributed by atoms with Crippen LogP contribution in [0.2, 0.25) is 10.0 Å². The van der Waals surface area contributed by atoms with E-state index in [4.69, 9.17) is 39.7 Å². The lowest BCUT2D eigenvalue weighted by Crippen LogP contribution is -2.29. The maximum atomic E-state index is 14.2. The van der Waals surface area contributed by atoms with Gasteiger partial charge in [0.05, 0.1) is 33.9 Å². The highest BCUT2D eigenvalue weighted by atomic mass is 35.5. The summed E-state index contributed by atoms with van der Waals surface area (Å²) in [4.78, 5) is 30.9. The quantitative estimate of drug-likeness (QED) is 0.351. The molecule has 5 N–H and O–H groups in total. The highest BCUT2D eigenvalue weighted by molar-refractivity contribution is 6.35. The second kappa shape index (κ2) is 9.40. The molecule has 0 spiro atoms. The van der Waals surface area contributed by atoms with Gasteiger partial charge in [0.1, 0.15) is 34.1 Å². The molecule has 4 rings (SSSR count). The fourth-order valence-corrected chi connectivity index (χ4v) is 4.01. The topological polar surface area (TPSA) is 138 Å². The van der Waals surface area contributed by atoms with Gasteiger partial charge in [-0.25, -0.2) is 24.3 Å². The van der Waals surface area contributed by atoms with Crippen LogP contribution in [-0.2, 0) is 0 Å². The molecular weight excluding hydrogens is 482 g/mol. The standard InChI is InChI=1S/C22H21Cl2FN8O/c1-3-4-14(31-20-18(24)19(27)29-10(2)30-20)21-32-13-7-6-12(25)17(23)16(13)22(34)33(21)11-5-8-15(26)28-9-11/h5-9,14H,3-4H2,1-2H3,(H2,26,28)(H3,27,29,30,31)/t14-/m0/s1. The molecule has 12 heteroatoms. The molecule has 9 nitrogen and oxygen atoms in total. The first-order valence-electron chi connectivity index (χ1n) is 10.4. The summed E-state index contributed by atoms with van der Waals surface area (Å²) in [6.45, 7) is 3.67. The monoisotopic (exact) mass is 502 g/mol. The van der Waals surface area contributed by atoms with Crippen molar-refractivity contribution in [3.8, 4) is 5.69 Å². The van der Waals surface area contributed by atoms with Crippen molar-refractivity contribution in [2.75, 3.05) is 16.8 Å². The predicted octanol–water partition coefficient (Wildman–Crippen LogP) is 4.44. The number of nitrogens with zero attached hydrogens (tertiary/aromatic N) is 5. The van der Waals surface area contributed by atoms with Crippen LogP contribution in [0.25, 0.3) is 16.6 Å². The Morgan fingerprint density at radius 2 is 1.88 bits per heavy atom. The zero-order chi connectivity index (χ0) is 24.6. The number of fused-ring (bicyclic) bond motifs is 1. The molecule has 0 bridgehead atoms. The molecule has 0 aliphatic rings. The van der Waals surface area contributed by atoms with Crippen molar-refractivity contribution in [3.05, 3.63) is 68.3 Å². The minimum absolute atomic E-state index is 0.0438. The van der Waals surface area contributed by atoms with E-state index < -0.39 is 17.4 Å². The van der Waals surface area contributed by atoms with E-state index in [0.29, 0.717) is 29.6 Å². The lowest BCUT2D eigenvalue weighted by molar-refractivity contribution is 0.613. The van der Waals surface area contributed by atoms with Crippen molar-refractivity contribution in [1.82, 2.24) is 24.5 Å². The number of nitrogens with one attached hydrogen (secondary N) is 1. The van der Waals surface area contributed by atoms with Gasteiger partial charge in [0.2, 0.25) is 0 Å². The van der Waals surface area contributed by atoms with Gasteiger partial charge in [-0.1, -0.05) is 36.5 Å². The van der Waals surface area contributed by atoms with Crippen molar-refractivity contribution >= 4 is 51.6 Å². The fourth-order valence-electron chi connectivity index (χ4n) is 3.64. The van der Waals surface area contributed by atoms with Crippen LogP contribution in [0.5, 0.6) is 0 Å². The Balaban J connectivity index is 2.00. The van der Waals surface area contributed by atoms with Crippen LogP contribution in [0, 0.1) is 12.7 Å². The SMILES string of the molecule is CCC[C@H](Nc1nc(C)nc(N)c1Cl)c1nc2ccc(F)c(Cl)c2c(=O)n1-c1ccc(N)nc1. The molecule has 0 amide bonds. The van der Waals surface area contributed by atoms with E-state index in [1.54, 1.807) is 19.1 Å². The molecule has 0 saturated heterocycles. The van der Waals surface area contributed by atoms with Gasteiger partial charge in [-0.3, -0.25) is 9.36 Å². The van der Waals surface area contributed by atoms with Gasteiger partial charge in [-0.15, -0.1) is 0 Å². The third kappa shape index (κ3) is 4.34. The van der Waals surface area contributed by atoms with Gasteiger partial charge in [0.15, 0.2) is 5.82 Å². The summed E-state index contributed by atoms with van der Waals surface area (Å²) in [6.07, 6.45) is 2.71. The normalized spacial score (nSPS) is 12.1. The van der Waals surface area contributed by atoms with E-state index in [9.17, 15) is 9.18 Å². The Morgan fingerprint density at radius 3 is 2.56 bits per heavy atom. The number of pyridine rings is 1. The Kier molecular flexibility index (Phi) is 6.54. The molecule has 176 valence electrons. The van der Waals surface area contributed by atoms with Crippen LogP contribution in [-0.4, -0.2) is 24.5 Å². The Bertz CT molecular complexity index is 1440. The molecule has 0 aliphatic carbocycles. The average Bonchev–Trinajstić information content (AvgIpc) is 2.79. The van der Waals surface area contributed by atoms with E-state index in [1.807, 2.05) is 6.92 Å². The summed E-state index contributed by atoms with van der Waals surface area (Å²) in [5.74, 6) is 0.746. The maximum absolute atomic E-state index is 14.2. The second-order valence-electron chi connectivity index (χ2n) is 7.61. The molecule has 1 atom stereocenters. The van der Waals surface area contributed by atoms with Gasteiger partial charge >= 0.3 is 0 Å². The number of nitrogens with two attached hydrogens (primary N) is 2. The highest BCUT2D eigenvalue weighted by Crippen LogP contribution is 2.31. The number of benzene rings is 1. The molecular formula is C22H21Cl2FN8O. The molecule has 3 aromatic heterocycles. The smallest absolute Gasteiger partial charge is 0.267 e. The van der Waals surface area contributed by atoms with Crippen LogP contribution in [0.1, 0.15) is 37.5 Å². The molecule has 3 heterocycles. The number of aryl methyl sites for hydroxylation is 1. The van der Waals surface area contributed by atoms with E-state index in [1.165, 1.54) is 22.9 Å². The zero-order valence-electron chi connectivity index (χ0n) is 18.3. The minimum atomic E-state index is -0.718. The first-order valence-corrected chi connectivity index (χ1v) is 11.2. The minimum Gasteiger partial charge on any atom is -0.384 e. The van der Waals surface area contributed by atoms with Crippen molar-refractivity contribution < 1.29 is 4.39 Å². The van der Waals surface area contributed by atoms with Crippen molar-refractivity contribution in [2.45, 2.75) is 32.7 Å². The number of nitrogen functional groups attached to an aromatic ring is 2. The number of hydrogen-bond donors (Lipinski definition) is 3. The van der Waals surface area contributed by atoms with Gasteiger partial charge in [0.25, 0.3) is 5.56 Å². The summed E-state index contributed by atoms with van der Waals surface area (Å²) in [6, 6.07) is 5.22. The number of hydrogen-bond acceptors (Lipinski definition) is 8. The summed E-state index contributed by atoms with van der Waals surface area (Å²) >= 11 is 12.5. The molecule has 0 aliphatic heterocycles. The zero-order valence-corrected chi connectivity index (χ0v) is 19.8. The van der Waals surface area contributed by atoms with Gasteiger partial charge < -0.3 is 16.8 Å². The Morgan fingerprint density at radius 1 is 1.12 bits per heavy atom. The van der Waals surface area contributed by atoms with Crippen molar-refractivity contribution in [3.63, 3.8) is 0 Å². The summed E-state index contributed by atoms with van der Waals surface area (Å²) < 4.78 is 15.5. The first kappa shape index (κ1) is 23.7. The highest BCUT2D eigenvalue weighted by Gasteiger charge is 2.24. The van der Waals surface area contributed by atoms with Gasteiger partial charge in [0, 0.05) is 0 Å². The summed E-state index contributed by atoms with van der Waals surface area (Å²) in [5, 5.41) is 3.05. The van der Waals surface area contributed by atoms with Crippen LogP contribution < -0.4 is 22.3 Å². The molecule has 4 aromatic rings. The Labute approximate surface area is 204 Å². The molecule has 0 radical (unpaired) electrons. The number of anilines is 3. The fraction of sp³-hybridized carbons (Fsp3) is 0.227. The van der Waals surface area contributed by atoms with Gasteiger partial charge in [-0.2, -0.15) is 0 Å². The van der Waals surface area contributed by atoms with Crippen LogP contribution in [0.15, 0.2) is 35.3 Å². The third-order valence-electron chi connectivity index (χ3n) is 5.17. The van der Waals surface area contributed by atoms with E-state index in [0.717, 1.165) is 6.42 Å². The maximum Gasteiger partial charge on any atom is 0.267 e. The molecule has 0 fully saturated rings. The van der Waals surface area contributed by atoms with Gasteiger partial charge in [-0.05, 0) is 37.6 Å². The largest absolute Gasteiger partial charge is 0.384 e.